The van der Waals surface area contributed by atoms with Gasteiger partial charge in [0.15, 0.2) is 0 Å². The van der Waals surface area contributed by atoms with Gasteiger partial charge in [-0.2, -0.15) is 4.31 Å². The van der Waals surface area contributed by atoms with E-state index in [1.807, 2.05) is 0 Å². The number of anilines is 1. The molecule has 1 aromatic carbocycles. The number of hydrogen-bond donors (Lipinski definition) is 0. The van der Waals surface area contributed by atoms with Gasteiger partial charge in [0.25, 0.3) is 0 Å². The number of sulfonamides is 1. The molecule has 0 N–H and O–H groups in total. The third-order valence-corrected chi connectivity index (χ3v) is 8.32. The molecule has 190 valence electrons. The quantitative estimate of drug-likeness (QED) is 0.486. The van der Waals surface area contributed by atoms with Crippen LogP contribution in [0.3, 0.4) is 0 Å². The molecule has 0 bridgehead atoms. The number of methoxy groups -OCH3 is 1. The molecule has 2 saturated heterocycles. The maximum Gasteiger partial charge on any atom is 0.305 e. The van der Waals surface area contributed by atoms with Crippen LogP contribution in [0, 0.1) is 5.92 Å². The normalized spacial score (nSPS) is 19.7. The first-order valence-electron chi connectivity index (χ1n) is 12.1. The lowest BCUT2D eigenvalue weighted by atomic mass is 10.0. The molecule has 9 nitrogen and oxygen atoms in total. The Bertz CT molecular complexity index is 959. The average molecular weight is 496 g/mol. The Morgan fingerprint density at radius 1 is 1.09 bits per heavy atom. The molecule has 2 aliphatic heterocycles. The molecule has 2 fully saturated rings. The van der Waals surface area contributed by atoms with E-state index in [-0.39, 0.29) is 23.2 Å². The number of piperazine rings is 1. The van der Waals surface area contributed by atoms with Crippen molar-refractivity contribution in [2.24, 2.45) is 5.92 Å². The van der Waals surface area contributed by atoms with E-state index >= 15 is 0 Å². The first-order chi connectivity index (χ1) is 16.3. The monoisotopic (exact) mass is 495 g/mol. The number of rotatable bonds is 9. The van der Waals surface area contributed by atoms with Gasteiger partial charge in [-0.05, 0) is 50.3 Å². The van der Waals surface area contributed by atoms with Crippen LogP contribution in [0.15, 0.2) is 23.1 Å². The maximum absolute atomic E-state index is 13.3. The van der Waals surface area contributed by atoms with E-state index in [0.29, 0.717) is 70.4 Å². The van der Waals surface area contributed by atoms with Crippen molar-refractivity contribution in [3.8, 4) is 5.75 Å². The minimum absolute atomic E-state index is 0.0199. The molecule has 3 rings (SSSR count). The topological polar surface area (TPSA) is 96.5 Å². The van der Waals surface area contributed by atoms with E-state index in [4.69, 9.17) is 9.47 Å². The fraction of sp³-hybridized carbons (Fsp3) is 0.667. The van der Waals surface area contributed by atoms with Crippen LogP contribution in [0.5, 0.6) is 5.75 Å². The van der Waals surface area contributed by atoms with Gasteiger partial charge in [0, 0.05) is 52.1 Å². The summed E-state index contributed by atoms with van der Waals surface area (Å²) in [5.41, 5.74) is 0.725. The second kappa shape index (κ2) is 11.9. The van der Waals surface area contributed by atoms with Gasteiger partial charge < -0.3 is 19.3 Å². The highest BCUT2D eigenvalue weighted by Gasteiger charge is 2.30. The standard InChI is InChI=1S/C24H37N3O6S/c1-4-33-24(29)9-5-8-23(28)26-15-13-25(14-16-26)21-17-20(10-11-22(21)32-3)34(30,31)27-12-6-7-19(2)18-27/h10-11,17,19H,4-9,12-16,18H2,1-3H3/t19-/m1/s1. The summed E-state index contributed by atoms with van der Waals surface area (Å²) >= 11 is 0. The summed E-state index contributed by atoms with van der Waals surface area (Å²) in [5, 5.41) is 0. The summed E-state index contributed by atoms with van der Waals surface area (Å²) in [6.45, 7) is 7.48. The lowest BCUT2D eigenvalue weighted by Gasteiger charge is -2.37. The van der Waals surface area contributed by atoms with Gasteiger partial charge in [0.1, 0.15) is 5.75 Å². The van der Waals surface area contributed by atoms with Gasteiger partial charge in [-0.3, -0.25) is 9.59 Å². The molecular weight excluding hydrogens is 458 g/mol. The summed E-state index contributed by atoms with van der Waals surface area (Å²) in [4.78, 5) is 28.1. The van der Waals surface area contributed by atoms with Crippen LogP contribution in [0.2, 0.25) is 0 Å². The smallest absolute Gasteiger partial charge is 0.305 e. The number of amides is 1. The van der Waals surface area contributed by atoms with E-state index in [2.05, 4.69) is 11.8 Å². The molecule has 34 heavy (non-hydrogen) atoms. The van der Waals surface area contributed by atoms with E-state index < -0.39 is 10.0 Å². The Balaban J connectivity index is 1.64. The predicted octanol–water partition coefficient (Wildman–Crippen LogP) is 2.50. The Hall–Kier alpha value is -2.33. The van der Waals surface area contributed by atoms with Crippen LogP contribution in [0.1, 0.15) is 46.0 Å². The Labute approximate surface area is 203 Å². The lowest BCUT2D eigenvalue weighted by Crippen LogP contribution is -2.49. The van der Waals surface area contributed by atoms with Crippen molar-refractivity contribution >= 4 is 27.6 Å². The highest BCUT2D eigenvalue weighted by atomic mass is 32.2. The van der Waals surface area contributed by atoms with Crippen LogP contribution in [0.25, 0.3) is 0 Å². The largest absolute Gasteiger partial charge is 0.495 e. The van der Waals surface area contributed by atoms with Crippen molar-refractivity contribution in [1.29, 1.82) is 0 Å². The average Bonchev–Trinajstić information content (AvgIpc) is 2.83. The van der Waals surface area contributed by atoms with Crippen LogP contribution >= 0.6 is 0 Å². The molecule has 0 spiro atoms. The van der Waals surface area contributed by atoms with Gasteiger partial charge in [-0.15, -0.1) is 0 Å². The van der Waals surface area contributed by atoms with Gasteiger partial charge in [0.05, 0.1) is 24.3 Å². The summed E-state index contributed by atoms with van der Waals surface area (Å²) in [5.74, 6) is 0.705. The van der Waals surface area contributed by atoms with Crippen molar-refractivity contribution in [3.63, 3.8) is 0 Å². The van der Waals surface area contributed by atoms with E-state index in [9.17, 15) is 18.0 Å². The fourth-order valence-corrected chi connectivity index (χ4v) is 6.18. The summed E-state index contributed by atoms with van der Waals surface area (Å²) in [6, 6.07) is 5.02. The highest BCUT2D eigenvalue weighted by Crippen LogP contribution is 2.33. The van der Waals surface area contributed by atoms with Crippen LogP contribution in [-0.2, 0) is 24.3 Å². The number of benzene rings is 1. The maximum atomic E-state index is 13.3. The molecule has 1 atom stereocenters. The minimum Gasteiger partial charge on any atom is -0.495 e. The van der Waals surface area contributed by atoms with Crippen molar-refractivity contribution in [1.82, 2.24) is 9.21 Å². The zero-order valence-electron chi connectivity index (χ0n) is 20.5. The van der Waals surface area contributed by atoms with Crippen LogP contribution < -0.4 is 9.64 Å². The molecule has 0 aliphatic carbocycles. The van der Waals surface area contributed by atoms with Gasteiger partial charge in [0.2, 0.25) is 15.9 Å². The molecule has 0 aromatic heterocycles. The minimum atomic E-state index is -3.58. The van der Waals surface area contributed by atoms with Gasteiger partial charge >= 0.3 is 5.97 Å². The molecule has 1 amide bonds. The molecule has 0 radical (unpaired) electrons. The Morgan fingerprint density at radius 3 is 2.47 bits per heavy atom. The summed E-state index contributed by atoms with van der Waals surface area (Å²) in [6.07, 6.45) is 2.95. The van der Waals surface area contributed by atoms with E-state index in [1.54, 1.807) is 41.4 Å². The second-order valence-corrected chi connectivity index (χ2v) is 10.9. The molecule has 0 saturated carbocycles. The van der Waals surface area contributed by atoms with Gasteiger partial charge in [-0.25, -0.2) is 8.42 Å². The van der Waals surface area contributed by atoms with Crippen molar-refractivity contribution < 1.29 is 27.5 Å². The zero-order chi connectivity index (χ0) is 24.7. The van der Waals surface area contributed by atoms with Crippen LogP contribution in [-0.4, -0.2) is 82.5 Å². The number of nitrogens with zero attached hydrogens (tertiary/aromatic N) is 3. The van der Waals surface area contributed by atoms with Crippen LogP contribution in [0.4, 0.5) is 5.69 Å². The van der Waals surface area contributed by atoms with Crippen molar-refractivity contribution in [2.75, 3.05) is 57.9 Å². The first-order valence-corrected chi connectivity index (χ1v) is 13.6. The number of hydrogen-bond acceptors (Lipinski definition) is 7. The Kier molecular flexibility index (Phi) is 9.18. The third-order valence-electron chi connectivity index (χ3n) is 6.46. The number of carbonyl (C=O) groups is 2. The zero-order valence-corrected chi connectivity index (χ0v) is 21.3. The van der Waals surface area contributed by atoms with Crippen molar-refractivity contribution in [2.45, 2.75) is 50.8 Å². The number of ether oxygens (including phenoxy) is 2. The number of esters is 1. The number of carbonyl (C=O) groups excluding carboxylic acids is 2. The molecule has 0 unspecified atom stereocenters. The molecule has 2 heterocycles. The molecule has 10 heteroatoms. The van der Waals surface area contributed by atoms with E-state index in [0.717, 1.165) is 18.5 Å². The fourth-order valence-electron chi connectivity index (χ4n) is 4.56. The molecule has 2 aliphatic rings. The summed E-state index contributed by atoms with van der Waals surface area (Å²) in [7, 11) is -2.01. The van der Waals surface area contributed by atoms with Gasteiger partial charge in [-0.1, -0.05) is 6.92 Å². The Morgan fingerprint density at radius 2 is 1.82 bits per heavy atom. The SMILES string of the molecule is CCOC(=O)CCCC(=O)N1CCN(c2cc(S(=O)(=O)N3CCC[C@@H](C)C3)ccc2OC)CC1. The molecular formula is C24H37N3O6S. The second-order valence-electron chi connectivity index (χ2n) is 8.97. The number of piperidine rings is 1. The predicted molar refractivity (Wildman–Crippen MR) is 129 cm³/mol. The third kappa shape index (κ3) is 6.41. The molecule has 1 aromatic rings. The van der Waals surface area contributed by atoms with Crippen molar-refractivity contribution in [3.05, 3.63) is 18.2 Å². The summed E-state index contributed by atoms with van der Waals surface area (Å²) < 4.78 is 38.6. The lowest BCUT2D eigenvalue weighted by molar-refractivity contribution is -0.143. The van der Waals surface area contributed by atoms with E-state index in [1.165, 1.54) is 0 Å². The first kappa shape index (κ1) is 26.3. The highest BCUT2D eigenvalue weighted by molar-refractivity contribution is 7.89.